The van der Waals surface area contributed by atoms with Gasteiger partial charge >= 0.3 is 0 Å². The molecule has 3 aromatic rings. The minimum Gasteiger partial charge on any atom is -0.383 e. The maximum absolute atomic E-state index is 14.1. The Bertz CT molecular complexity index is 986. The Labute approximate surface area is 156 Å². The lowest BCUT2D eigenvalue weighted by molar-refractivity contribution is 0.605. The van der Waals surface area contributed by atoms with Gasteiger partial charge in [-0.3, -0.25) is 0 Å². The van der Waals surface area contributed by atoms with Gasteiger partial charge in [0, 0.05) is 30.2 Å². The van der Waals surface area contributed by atoms with Gasteiger partial charge in [0.1, 0.15) is 11.6 Å². The van der Waals surface area contributed by atoms with Crippen LogP contribution in [-0.2, 0) is 6.54 Å². The van der Waals surface area contributed by atoms with Crippen LogP contribution in [0.25, 0.3) is 11.4 Å². The lowest BCUT2D eigenvalue weighted by Crippen LogP contribution is -2.18. The van der Waals surface area contributed by atoms with E-state index in [1.807, 2.05) is 6.07 Å². The summed E-state index contributed by atoms with van der Waals surface area (Å²) in [6, 6.07) is 10.2. The molecule has 2 heterocycles. The quantitative estimate of drug-likeness (QED) is 0.533. The average Bonchev–Trinajstić information content (AvgIpc) is 3.52. The van der Waals surface area contributed by atoms with Crippen LogP contribution in [0.1, 0.15) is 29.9 Å². The van der Waals surface area contributed by atoms with Gasteiger partial charge in [0.15, 0.2) is 11.6 Å². The number of hydrogen-bond donors (Lipinski definition) is 1. The second-order valence-corrected chi connectivity index (χ2v) is 6.47. The molecular weight excluding hydrogens is 343 g/mol. The van der Waals surface area contributed by atoms with E-state index in [9.17, 15) is 4.39 Å². The first kappa shape index (κ1) is 17.1. The molecule has 1 saturated carbocycles. The number of hydrogen-bond acceptors (Lipinski definition) is 6. The Hall–Kier alpha value is -3.35. The molecule has 27 heavy (non-hydrogen) atoms. The van der Waals surface area contributed by atoms with Gasteiger partial charge in [-0.2, -0.15) is 5.10 Å². The van der Waals surface area contributed by atoms with E-state index >= 15 is 0 Å². The van der Waals surface area contributed by atoms with Crippen molar-refractivity contribution in [1.82, 2.24) is 15.0 Å². The zero-order valence-corrected chi connectivity index (χ0v) is 14.7. The highest BCUT2D eigenvalue weighted by Crippen LogP contribution is 2.42. The molecule has 6 nitrogen and oxygen atoms in total. The molecule has 7 heteroatoms. The van der Waals surface area contributed by atoms with Crippen LogP contribution in [0.2, 0.25) is 0 Å². The van der Waals surface area contributed by atoms with Crippen molar-refractivity contribution in [1.29, 1.82) is 0 Å². The lowest BCUT2D eigenvalue weighted by Gasteiger charge is -2.20. The molecular formula is C20H19FN6. The molecule has 0 aliphatic heterocycles. The lowest BCUT2D eigenvalue weighted by atomic mass is 10.1. The van der Waals surface area contributed by atoms with Gasteiger partial charge in [-0.15, -0.1) is 0 Å². The molecule has 2 aromatic heterocycles. The van der Waals surface area contributed by atoms with Crippen LogP contribution in [0.4, 0.5) is 16.0 Å². The van der Waals surface area contributed by atoms with Crippen LogP contribution >= 0.6 is 0 Å². The van der Waals surface area contributed by atoms with E-state index in [0.29, 0.717) is 34.5 Å². The van der Waals surface area contributed by atoms with Gasteiger partial charge in [0.2, 0.25) is 0 Å². The van der Waals surface area contributed by atoms with Crippen LogP contribution in [-0.4, -0.2) is 21.7 Å². The number of nitrogens with two attached hydrogens (primary N) is 1. The summed E-state index contributed by atoms with van der Waals surface area (Å²) in [6.45, 7) is 3.80. The molecule has 1 aromatic carbocycles. The smallest absolute Gasteiger partial charge is 0.165 e. The summed E-state index contributed by atoms with van der Waals surface area (Å²) in [7, 11) is 0. The van der Waals surface area contributed by atoms with Crippen molar-refractivity contribution in [3.63, 3.8) is 0 Å². The first-order chi connectivity index (χ1) is 13.2. The highest BCUT2D eigenvalue weighted by atomic mass is 19.1. The summed E-state index contributed by atoms with van der Waals surface area (Å²) in [4.78, 5) is 13.4. The van der Waals surface area contributed by atoms with E-state index in [4.69, 9.17) is 5.73 Å². The van der Waals surface area contributed by atoms with Crippen LogP contribution < -0.4 is 10.7 Å². The zero-order chi connectivity index (χ0) is 18.8. The fourth-order valence-electron chi connectivity index (χ4n) is 3.00. The monoisotopic (exact) mass is 362 g/mol. The largest absolute Gasteiger partial charge is 0.383 e. The predicted molar refractivity (Wildman–Crippen MR) is 104 cm³/mol. The average molecular weight is 362 g/mol. The van der Waals surface area contributed by atoms with E-state index in [-0.39, 0.29) is 12.4 Å². The Morgan fingerprint density at radius 2 is 2.00 bits per heavy atom. The number of aromatic nitrogens is 3. The highest BCUT2D eigenvalue weighted by Gasteiger charge is 2.27. The van der Waals surface area contributed by atoms with Crippen molar-refractivity contribution in [2.24, 2.45) is 5.10 Å². The summed E-state index contributed by atoms with van der Waals surface area (Å²) in [5, 5.41) is 5.56. The summed E-state index contributed by atoms with van der Waals surface area (Å²) < 4.78 is 14.1. The number of halogens is 1. The number of hydrazone groups is 1. The van der Waals surface area contributed by atoms with Crippen molar-refractivity contribution in [2.75, 3.05) is 10.7 Å². The van der Waals surface area contributed by atoms with Crippen molar-refractivity contribution in [3.05, 3.63) is 65.7 Å². The Morgan fingerprint density at radius 3 is 2.70 bits per heavy atom. The van der Waals surface area contributed by atoms with Gasteiger partial charge in [-0.05, 0) is 37.0 Å². The molecule has 0 unspecified atom stereocenters. The summed E-state index contributed by atoms with van der Waals surface area (Å²) in [6.07, 6.45) is 5.68. The standard InChI is InChI=1S/C20H19FN6/c1-23-27(12-14-5-2-3-7-17(14)21)20-15(6-4-10-24-20)19-25-11-16(13-8-9-13)18(22)26-19/h2-7,10-11,13H,1,8-9,12H2,(H2,22,25,26). The second-order valence-electron chi connectivity index (χ2n) is 6.47. The molecule has 136 valence electrons. The number of anilines is 2. The SMILES string of the molecule is C=NN(Cc1ccccc1F)c1ncccc1-c1ncc(C2CC2)c(N)n1. The summed E-state index contributed by atoms with van der Waals surface area (Å²) in [5.41, 5.74) is 8.28. The predicted octanol–water partition coefficient (Wildman–Crippen LogP) is 3.76. The molecule has 0 radical (unpaired) electrons. The number of pyridine rings is 1. The maximum Gasteiger partial charge on any atom is 0.165 e. The number of nitrogens with zero attached hydrogens (tertiary/aromatic N) is 5. The molecule has 0 saturated heterocycles. The topological polar surface area (TPSA) is 80.3 Å². The van der Waals surface area contributed by atoms with Gasteiger partial charge in [0.05, 0.1) is 12.1 Å². The van der Waals surface area contributed by atoms with Crippen molar-refractivity contribution >= 4 is 18.4 Å². The Balaban J connectivity index is 1.70. The van der Waals surface area contributed by atoms with E-state index in [1.54, 1.807) is 36.7 Å². The normalized spacial score (nSPS) is 13.4. The molecule has 4 rings (SSSR count). The minimum absolute atomic E-state index is 0.190. The molecule has 1 aliphatic carbocycles. The highest BCUT2D eigenvalue weighted by molar-refractivity contribution is 5.72. The van der Waals surface area contributed by atoms with Crippen LogP contribution in [0.5, 0.6) is 0 Å². The third-order valence-electron chi connectivity index (χ3n) is 4.59. The molecule has 1 aliphatic rings. The fourth-order valence-corrected chi connectivity index (χ4v) is 3.00. The fraction of sp³-hybridized carbons (Fsp3) is 0.200. The third kappa shape index (κ3) is 3.48. The first-order valence-electron chi connectivity index (χ1n) is 8.72. The Kier molecular flexibility index (Phi) is 4.50. The van der Waals surface area contributed by atoms with E-state index in [1.165, 1.54) is 11.1 Å². The summed E-state index contributed by atoms with van der Waals surface area (Å²) >= 11 is 0. The van der Waals surface area contributed by atoms with E-state index in [0.717, 1.165) is 18.4 Å². The van der Waals surface area contributed by atoms with Crippen LogP contribution in [0.15, 0.2) is 53.9 Å². The number of nitrogen functional groups attached to an aromatic ring is 1. The second kappa shape index (κ2) is 7.11. The molecule has 0 bridgehead atoms. The van der Waals surface area contributed by atoms with Crippen molar-refractivity contribution < 1.29 is 4.39 Å². The first-order valence-corrected chi connectivity index (χ1v) is 8.72. The van der Waals surface area contributed by atoms with Gasteiger partial charge in [-0.1, -0.05) is 18.2 Å². The maximum atomic E-state index is 14.1. The molecule has 0 amide bonds. The number of rotatable bonds is 6. The molecule has 0 spiro atoms. The van der Waals surface area contributed by atoms with Crippen LogP contribution in [0, 0.1) is 5.82 Å². The van der Waals surface area contributed by atoms with E-state index < -0.39 is 0 Å². The third-order valence-corrected chi connectivity index (χ3v) is 4.59. The van der Waals surface area contributed by atoms with Crippen molar-refractivity contribution in [3.8, 4) is 11.4 Å². The summed E-state index contributed by atoms with van der Waals surface area (Å²) in [5.74, 6) is 1.61. The molecule has 2 N–H and O–H groups in total. The number of benzene rings is 1. The van der Waals surface area contributed by atoms with Crippen LogP contribution in [0.3, 0.4) is 0 Å². The van der Waals surface area contributed by atoms with Gasteiger partial charge in [-0.25, -0.2) is 24.4 Å². The van der Waals surface area contributed by atoms with Gasteiger partial charge < -0.3 is 5.73 Å². The zero-order valence-electron chi connectivity index (χ0n) is 14.7. The van der Waals surface area contributed by atoms with E-state index in [2.05, 4.69) is 26.8 Å². The Morgan fingerprint density at radius 1 is 1.19 bits per heavy atom. The molecule has 0 atom stereocenters. The van der Waals surface area contributed by atoms with Gasteiger partial charge in [0.25, 0.3) is 0 Å². The minimum atomic E-state index is -0.307. The van der Waals surface area contributed by atoms with Crippen molar-refractivity contribution in [2.45, 2.75) is 25.3 Å². The molecule has 1 fully saturated rings.